The van der Waals surface area contributed by atoms with Gasteiger partial charge in [-0.1, -0.05) is 30.3 Å². The van der Waals surface area contributed by atoms with E-state index in [0.29, 0.717) is 12.5 Å². The number of aryl methyl sites for hydroxylation is 1. The Hall–Kier alpha value is -2.04. The second-order valence-electron chi connectivity index (χ2n) is 6.20. The van der Waals surface area contributed by atoms with Gasteiger partial charge in [-0.3, -0.25) is 4.79 Å². The predicted molar refractivity (Wildman–Crippen MR) is 84.4 cm³/mol. The topological polar surface area (TPSA) is 61.4 Å². The van der Waals surface area contributed by atoms with Crippen molar-refractivity contribution in [3.8, 4) is 0 Å². The molecule has 118 valence electrons. The normalized spacial score (nSPS) is 22.3. The number of benzene rings is 1. The maximum atomic E-state index is 12.3. The fourth-order valence-electron chi connectivity index (χ4n) is 3.28. The molecule has 3 rings (SSSR count). The molecule has 1 unspecified atom stereocenters. The molecule has 0 spiro atoms. The Balaban J connectivity index is 1.42. The van der Waals surface area contributed by atoms with E-state index < -0.39 is 0 Å². The lowest BCUT2D eigenvalue weighted by Crippen LogP contribution is -2.48. The number of likely N-dealkylation sites (tertiary alicyclic amines) is 1. The average Bonchev–Trinajstić information content (AvgIpc) is 3.00. The molecule has 1 atom stereocenters. The molecule has 1 aromatic rings. The number of piperidine rings is 1. The molecular formula is C17H23N3O2. The minimum absolute atomic E-state index is 0.0554. The van der Waals surface area contributed by atoms with Gasteiger partial charge in [0.25, 0.3) is 0 Å². The molecule has 2 fully saturated rings. The Bertz CT molecular complexity index is 524. The van der Waals surface area contributed by atoms with E-state index in [-0.39, 0.29) is 18.0 Å². The van der Waals surface area contributed by atoms with Gasteiger partial charge in [-0.2, -0.15) is 0 Å². The fourth-order valence-corrected chi connectivity index (χ4v) is 3.28. The fraction of sp³-hybridized carbons (Fsp3) is 0.529. The van der Waals surface area contributed by atoms with E-state index in [9.17, 15) is 9.59 Å². The Morgan fingerprint density at radius 2 is 1.91 bits per heavy atom. The maximum absolute atomic E-state index is 12.3. The number of amides is 3. The zero-order valence-corrected chi connectivity index (χ0v) is 12.8. The van der Waals surface area contributed by atoms with Crippen LogP contribution in [0.3, 0.4) is 0 Å². The van der Waals surface area contributed by atoms with E-state index in [4.69, 9.17) is 0 Å². The van der Waals surface area contributed by atoms with Crippen LogP contribution in [-0.4, -0.2) is 42.5 Å². The minimum Gasteiger partial charge on any atom is -0.341 e. The molecule has 2 N–H and O–H groups in total. The summed E-state index contributed by atoms with van der Waals surface area (Å²) in [5, 5.41) is 5.31. The van der Waals surface area contributed by atoms with Crippen LogP contribution in [0.2, 0.25) is 0 Å². The first-order chi connectivity index (χ1) is 10.7. The molecule has 3 amide bonds. The van der Waals surface area contributed by atoms with Crippen molar-refractivity contribution in [3.63, 3.8) is 0 Å². The molecule has 0 bridgehead atoms. The van der Waals surface area contributed by atoms with Crippen LogP contribution in [0.4, 0.5) is 4.79 Å². The zero-order valence-electron chi connectivity index (χ0n) is 12.8. The van der Waals surface area contributed by atoms with Crippen LogP contribution in [0.25, 0.3) is 0 Å². The maximum Gasteiger partial charge on any atom is 0.315 e. The molecule has 2 saturated heterocycles. The smallest absolute Gasteiger partial charge is 0.315 e. The predicted octanol–water partition coefficient (Wildman–Crippen LogP) is 1.54. The number of carbonyl (C=O) groups excluding carboxylic acids is 2. The molecule has 0 saturated carbocycles. The number of carbonyl (C=O) groups is 2. The minimum atomic E-state index is -0.381. The first-order valence-electron chi connectivity index (χ1n) is 8.09. The summed E-state index contributed by atoms with van der Waals surface area (Å²) in [6.45, 7) is 2.03. The summed E-state index contributed by atoms with van der Waals surface area (Å²) in [6, 6.07) is 9.94. The summed E-state index contributed by atoms with van der Waals surface area (Å²) in [5.74, 6) is 0.750. The summed E-state index contributed by atoms with van der Waals surface area (Å²) in [4.78, 5) is 25.3. The Morgan fingerprint density at radius 1 is 1.18 bits per heavy atom. The van der Waals surface area contributed by atoms with E-state index >= 15 is 0 Å². The molecule has 2 aliphatic rings. The molecule has 5 nitrogen and oxygen atoms in total. The van der Waals surface area contributed by atoms with Crippen LogP contribution >= 0.6 is 0 Å². The van der Waals surface area contributed by atoms with E-state index in [1.54, 1.807) is 0 Å². The van der Waals surface area contributed by atoms with Gasteiger partial charge in [-0.15, -0.1) is 0 Å². The quantitative estimate of drug-likeness (QED) is 0.886. The highest BCUT2D eigenvalue weighted by Crippen LogP contribution is 2.23. The third-order valence-corrected chi connectivity index (χ3v) is 4.68. The van der Waals surface area contributed by atoms with Crippen molar-refractivity contribution in [2.24, 2.45) is 5.92 Å². The third kappa shape index (κ3) is 3.59. The lowest BCUT2D eigenvalue weighted by molar-refractivity contribution is -0.134. The summed E-state index contributed by atoms with van der Waals surface area (Å²) in [7, 11) is 0. The highest BCUT2D eigenvalue weighted by Gasteiger charge is 2.32. The summed E-state index contributed by atoms with van der Waals surface area (Å²) in [5.41, 5.74) is 1.39. The molecule has 2 aliphatic heterocycles. The van der Waals surface area contributed by atoms with E-state index in [2.05, 4.69) is 34.9 Å². The van der Waals surface area contributed by atoms with Crippen molar-refractivity contribution < 1.29 is 9.59 Å². The first kappa shape index (κ1) is 14.9. The molecule has 0 aliphatic carbocycles. The number of urea groups is 1. The summed E-state index contributed by atoms with van der Waals surface area (Å²) < 4.78 is 0. The van der Waals surface area contributed by atoms with Crippen LogP contribution in [0.1, 0.15) is 24.8 Å². The molecule has 1 aromatic carbocycles. The van der Waals surface area contributed by atoms with Crippen molar-refractivity contribution in [1.82, 2.24) is 15.5 Å². The number of hydrogen-bond donors (Lipinski definition) is 2. The molecule has 2 heterocycles. The van der Waals surface area contributed by atoms with E-state index in [1.807, 2.05) is 11.0 Å². The summed E-state index contributed by atoms with van der Waals surface area (Å²) in [6.07, 6.45) is 4.43. The van der Waals surface area contributed by atoms with Gasteiger partial charge in [0, 0.05) is 19.6 Å². The van der Waals surface area contributed by atoms with Gasteiger partial charge in [0.05, 0.1) is 0 Å². The Kier molecular flexibility index (Phi) is 4.61. The number of hydrogen-bond acceptors (Lipinski definition) is 2. The van der Waals surface area contributed by atoms with Crippen molar-refractivity contribution in [3.05, 3.63) is 35.9 Å². The molecule has 0 radical (unpaired) electrons. The molecule has 22 heavy (non-hydrogen) atoms. The Labute approximate surface area is 131 Å². The van der Waals surface area contributed by atoms with Gasteiger partial charge < -0.3 is 15.5 Å². The van der Waals surface area contributed by atoms with E-state index in [1.165, 1.54) is 12.0 Å². The van der Waals surface area contributed by atoms with Gasteiger partial charge in [0.1, 0.15) is 6.04 Å². The standard InChI is InChI=1S/C17H23N3O2/c21-16(15-12-18-17(22)19-15)20-10-8-14(9-11-20)7-6-13-4-2-1-3-5-13/h1-5,14-15H,6-12H2,(H2,18,19,22). The van der Waals surface area contributed by atoms with Crippen LogP contribution in [0.5, 0.6) is 0 Å². The Morgan fingerprint density at radius 3 is 2.55 bits per heavy atom. The van der Waals surface area contributed by atoms with Gasteiger partial charge in [0.2, 0.25) is 5.91 Å². The van der Waals surface area contributed by atoms with Gasteiger partial charge in [-0.05, 0) is 37.2 Å². The van der Waals surface area contributed by atoms with Crippen LogP contribution in [0.15, 0.2) is 30.3 Å². The average molecular weight is 301 g/mol. The highest BCUT2D eigenvalue weighted by atomic mass is 16.2. The second kappa shape index (κ2) is 6.81. The van der Waals surface area contributed by atoms with E-state index in [0.717, 1.165) is 32.4 Å². The van der Waals surface area contributed by atoms with Crippen LogP contribution < -0.4 is 10.6 Å². The number of nitrogens with one attached hydrogen (secondary N) is 2. The third-order valence-electron chi connectivity index (χ3n) is 4.68. The zero-order chi connectivity index (χ0) is 15.4. The van der Waals surface area contributed by atoms with Crippen LogP contribution in [0, 0.1) is 5.92 Å². The lowest BCUT2D eigenvalue weighted by Gasteiger charge is -2.33. The van der Waals surface area contributed by atoms with Crippen molar-refractivity contribution in [1.29, 1.82) is 0 Å². The van der Waals surface area contributed by atoms with Gasteiger partial charge in [0.15, 0.2) is 0 Å². The van der Waals surface area contributed by atoms with Crippen molar-refractivity contribution in [2.45, 2.75) is 31.7 Å². The van der Waals surface area contributed by atoms with Crippen LogP contribution in [-0.2, 0) is 11.2 Å². The van der Waals surface area contributed by atoms with Gasteiger partial charge >= 0.3 is 6.03 Å². The first-order valence-corrected chi connectivity index (χ1v) is 8.09. The largest absolute Gasteiger partial charge is 0.341 e. The number of nitrogens with zero attached hydrogens (tertiary/aromatic N) is 1. The molecular weight excluding hydrogens is 278 g/mol. The van der Waals surface area contributed by atoms with Gasteiger partial charge in [-0.25, -0.2) is 4.79 Å². The number of rotatable bonds is 4. The highest BCUT2D eigenvalue weighted by molar-refractivity contribution is 5.90. The SMILES string of the molecule is O=C1NCC(C(=O)N2CCC(CCc3ccccc3)CC2)N1. The van der Waals surface area contributed by atoms with Crippen molar-refractivity contribution >= 4 is 11.9 Å². The summed E-state index contributed by atoms with van der Waals surface area (Å²) >= 11 is 0. The molecule has 5 heteroatoms. The second-order valence-corrected chi connectivity index (χ2v) is 6.20. The lowest BCUT2D eigenvalue weighted by atomic mass is 9.90. The van der Waals surface area contributed by atoms with Crippen molar-refractivity contribution in [2.75, 3.05) is 19.6 Å². The monoisotopic (exact) mass is 301 g/mol. The molecule has 0 aromatic heterocycles.